The van der Waals surface area contributed by atoms with E-state index in [4.69, 9.17) is 9.47 Å². The van der Waals surface area contributed by atoms with E-state index in [9.17, 15) is 9.59 Å². The van der Waals surface area contributed by atoms with Gasteiger partial charge in [0.15, 0.2) is 5.60 Å². The van der Waals surface area contributed by atoms with Crippen LogP contribution in [0.1, 0.15) is 15.9 Å². The first-order valence-electron chi connectivity index (χ1n) is 11.0. The van der Waals surface area contributed by atoms with Crippen LogP contribution in [0.5, 0.6) is 5.75 Å². The summed E-state index contributed by atoms with van der Waals surface area (Å²) in [7, 11) is 3.16. The number of hydrogen-bond donors (Lipinski definition) is 1. The van der Waals surface area contributed by atoms with Crippen molar-refractivity contribution in [3.05, 3.63) is 90.0 Å². The average molecular weight is 445 g/mol. The molecule has 0 aliphatic carbocycles. The van der Waals surface area contributed by atoms with E-state index >= 15 is 0 Å². The van der Waals surface area contributed by atoms with Crippen LogP contribution in [0.25, 0.3) is 11.1 Å². The fourth-order valence-corrected chi connectivity index (χ4v) is 4.27. The number of nitrogens with one attached hydrogen (secondary N) is 1. The smallest absolute Gasteiger partial charge is 0.254 e. The van der Waals surface area contributed by atoms with Crippen molar-refractivity contribution in [3.8, 4) is 16.9 Å². The zero-order valence-electron chi connectivity index (χ0n) is 18.9. The summed E-state index contributed by atoms with van der Waals surface area (Å²) in [5.41, 5.74) is 2.49. The summed E-state index contributed by atoms with van der Waals surface area (Å²) in [5, 5.41) is 2.74. The number of benzene rings is 3. The van der Waals surface area contributed by atoms with Crippen molar-refractivity contribution >= 4 is 11.8 Å². The molecule has 1 heterocycles. The van der Waals surface area contributed by atoms with Gasteiger partial charge in [0.05, 0.1) is 20.3 Å². The van der Waals surface area contributed by atoms with Crippen LogP contribution >= 0.6 is 0 Å². The Bertz CT molecular complexity index is 1130. The number of morpholine rings is 1. The Labute approximate surface area is 194 Å². The van der Waals surface area contributed by atoms with E-state index in [1.54, 1.807) is 43.3 Å². The van der Waals surface area contributed by atoms with E-state index < -0.39 is 5.60 Å². The highest BCUT2D eigenvalue weighted by molar-refractivity contribution is 5.95. The van der Waals surface area contributed by atoms with Crippen LogP contribution < -0.4 is 10.1 Å². The minimum Gasteiger partial charge on any atom is -0.497 e. The van der Waals surface area contributed by atoms with Crippen LogP contribution in [0.3, 0.4) is 0 Å². The van der Waals surface area contributed by atoms with Crippen LogP contribution in [-0.4, -0.2) is 56.2 Å². The Morgan fingerprint density at radius 2 is 1.76 bits per heavy atom. The lowest BCUT2D eigenvalue weighted by molar-refractivity contribution is -0.156. The minimum absolute atomic E-state index is 0.150. The van der Waals surface area contributed by atoms with Crippen molar-refractivity contribution in [3.63, 3.8) is 0 Å². The van der Waals surface area contributed by atoms with Crippen molar-refractivity contribution in [1.82, 2.24) is 10.2 Å². The number of carbonyl (C=O) groups excluding carboxylic acids is 2. The summed E-state index contributed by atoms with van der Waals surface area (Å²) in [6.45, 7) is 0.860. The van der Waals surface area contributed by atoms with E-state index in [1.165, 1.54) is 0 Å². The third-order valence-corrected chi connectivity index (χ3v) is 5.95. The molecule has 1 aliphatic rings. The van der Waals surface area contributed by atoms with Gasteiger partial charge in [-0.25, -0.2) is 0 Å². The Morgan fingerprint density at radius 3 is 2.52 bits per heavy atom. The van der Waals surface area contributed by atoms with Gasteiger partial charge in [0.25, 0.3) is 11.8 Å². The van der Waals surface area contributed by atoms with Gasteiger partial charge in [-0.15, -0.1) is 0 Å². The van der Waals surface area contributed by atoms with Crippen LogP contribution in [0.4, 0.5) is 0 Å². The highest BCUT2D eigenvalue weighted by atomic mass is 16.5. The molecule has 1 atom stereocenters. The topological polar surface area (TPSA) is 67.9 Å². The second-order valence-electron chi connectivity index (χ2n) is 8.12. The molecule has 0 bridgehead atoms. The van der Waals surface area contributed by atoms with Gasteiger partial charge in [0.1, 0.15) is 5.75 Å². The van der Waals surface area contributed by atoms with E-state index in [0.29, 0.717) is 24.3 Å². The van der Waals surface area contributed by atoms with Gasteiger partial charge in [-0.2, -0.15) is 0 Å². The quantitative estimate of drug-likeness (QED) is 0.631. The van der Waals surface area contributed by atoms with Crippen molar-refractivity contribution in [2.24, 2.45) is 0 Å². The number of nitrogens with zero attached hydrogens (tertiary/aromatic N) is 1. The van der Waals surface area contributed by atoms with Gasteiger partial charge in [0, 0.05) is 25.6 Å². The van der Waals surface area contributed by atoms with E-state index in [2.05, 4.69) is 23.5 Å². The molecular weight excluding hydrogens is 416 g/mol. The fraction of sp³-hybridized carbons (Fsp3) is 0.259. The molecule has 0 radical (unpaired) electrons. The number of methoxy groups -OCH3 is 1. The number of hydrogen-bond acceptors (Lipinski definition) is 4. The zero-order chi connectivity index (χ0) is 23.3. The van der Waals surface area contributed by atoms with Crippen LogP contribution in [0, 0.1) is 0 Å². The molecule has 1 fully saturated rings. The summed E-state index contributed by atoms with van der Waals surface area (Å²) in [6.07, 6.45) is 0.356. The maximum Gasteiger partial charge on any atom is 0.254 e. The van der Waals surface area contributed by atoms with Gasteiger partial charge >= 0.3 is 0 Å². The van der Waals surface area contributed by atoms with Crippen molar-refractivity contribution in [2.45, 2.75) is 12.0 Å². The van der Waals surface area contributed by atoms with Crippen LogP contribution in [0.15, 0.2) is 78.9 Å². The van der Waals surface area contributed by atoms with Gasteiger partial charge < -0.3 is 19.7 Å². The first kappa shape index (κ1) is 22.6. The predicted octanol–water partition coefficient (Wildman–Crippen LogP) is 3.56. The highest BCUT2D eigenvalue weighted by Gasteiger charge is 2.44. The molecule has 3 aromatic carbocycles. The fourth-order valence-electron chi connectivity index (χ4n) is 4.27. The number of amides is 2. The van der Waals surface area contributed by atoms with Gasteiger partial charge in [0.2, 0.25) is 0 Å². The highest BCUT2D eigenvalue weighted by Crippen LogP contribution is 2.28. The molecule has 6 heteroatoms. The zero-order valence-corrected chi connectivity index (χ0v) is 18.9. The van der Waals surface area contributed by atoms with E-state index in [-0.39, 0.29) is 25.0 Å². The Hall–Kier alpha value is -3.64. The summed E-state index contributed by atoms with van der Waals surface area (Å²) in [5.74, 6) is 0.226. The molecule has 1 saturated heterocycles. The van der Waals surface area contributed by atoms with Gasteiger partial charge in [-0.1, -0.05) is 60.7 Å². The molecule has 0 spiro atoms. The molecule has 1 aliphatic heterocycles. The van der Waals surface area contributed by atoms with Crippen LogP contribution in [0.2, 0.25) is 0 Å². The summed E-state index contributed by atoms with van der Waals surface area (Å²) >= 11 is 0. The van der Waals surface area contributed by atoms with Crippen molar-refractivity contribution in [1.29, 1.82) is 0 Å². The monoisotopic (exact) mass is 444 g/mol. The van der Waals surface area contributed by atoms with Gasteiger partial charge in [-0.05, 0) is 34.9 Å². The van der Waals surface area contributed by atoms with E-state index in [1.807, 2.05) is 36.4 Å². The molecule has 2 amide bonds. The molecule has 6 nitrogen and oxygen atoms in total. The standard InChI is InChI=1S/C27H28N2O4/c1-28-26(31)27(18-20-8-6-11-22(16-20)21-9-4-3-5-10-21)19-29(14-15-33-27)25(30)23-12-7-13-24(17-23)32-2/h3-13,16-17H,14-15,18-19H2,1-2H3,(H,28,31)/t27-/m1/s1. The molecule has 1 N–H and O–H groups in total. The molecule has 170 valence electrons. The largest absolute Gasteiger partial charge is 0.497 e. The molecular formula is C27H28N2O4. The molecule has 0 aromatic heterocycles. The average Bonchev–Trinajstić information content (AvgIpc) is 2.88. The number of ether oxygens (including phenoxy) is 2. The summed E-state index contributed by atoms with van der Waals surface area (Å²) in [6, 6.07) is 25.2. The lowest BCUT2D eigenvalue weighted by atomic mass is 9.89. The molecule has 0 unspecified atom stereocenters. The Kier molecular flexibility index (Phi) is 6.75. The molecule has 4 rings (SSSR count). The number of carbonyl (C=O) groups is 2. The van der Waals surface area contributed by atoms with Crippen LogP contribution in [-0.2, 0) is 16.0 Å². The summed E-state index contributed by atoms with van der Waals surface area (Å²) in [4.78, 5) is 28.0. The maximum atomic E-state index is 13.2. The third-order valence-electron chi connectivity index (χ3n) is 5.95. The Balaban J connectivity index is 1.61. The second kappa shape index (κ2) is 9.88. The predicted molar refractivity (Wildman–Crippen MR) is 127 cm³/mol. The molecule has 33 heavy (non-hydrogen) atoms. The SMILES string of the molecule is CNC(=O)[C@@]1(Cc2cccc(-c3ccccc3)c2)CN(C(=O)c2cccc(OC)c2)CCO1. The normalized spacial score (nSPS) is 17.9. The first-order chi connectivity index (χ1) is 16.0. The Morgan fingerprint density at radius 1 is 1.00 bits per heavy atom. The lowest BCUT2D eigenvalue weighted by Crippen LogP contribution is -2.61. The summed E-state index contributed by atoms with van der Waals surface area (Å²) < 4.78 is 11.4. The minimum atomic E-state index is -1.17. The maximum absolute atomic E-state index is 13.2. The second-order valence-corrected chi connectivity index (χ2v) is 8.12. The van der Waals surface area contributed by atoms with Crippen molar-refractivity contribution < 1.29 is 19.1 Å². The third kappa shape index (κ3) is 4.91. The lowest BCUT2D eigenvalue weighted by Gasteiger charge is -2.41. The molecule has 0 saturated carbocycles. The van der Waals surface area contributed by atoms with E-state index in [0.717, 1.165) is 16.7 Å². The first-order valence-corrected chi connectivity index (χ1v) is 11.0. The number of rotatable bonds is 6. The van der Waals surface area contributed by atoms with Gasteiger partial charge in [-0.3, -0.25) is 9.59 Å². The number of likely N-dealkylation sites (N-methyl/N-ethyl adjacent to an activating group) is 1. The van der Waals surface area contributed by atoms with Crippen molar-refractivity contribution in [2.75, 3.05) is 33.9 Å². The molecule has 3 aromatic rings.